The second kappa shape index (κ2) is 7.09. The summed E-state index contributed by atoms with van der Waals surface area (Å²) in [5.41, 5.74) is 3.12. The number of esters is 1. The Morgan fingerprint density at radius 2 is 1.87 bits per heavy atom. The Morgan fingerprint density at radius 1 is 1.13 bits per heavy atom. The summed E-state index contributed by atoms with van der Waals surface area (Å²) in [5.74, 6) is 0.559. The third kappa shape index (κ3) is 3.77. The number of aliphatic imine (C=N–C) groups is 1. The highest BCUT2D eigenvalue weighted by Gasteiger charge is 2.25. The first-order chi connectivity index (χ1) is 11.3. The summed E-state index contributed by atoms with van der Waals surface area (Å²) < 4.78 is 10.5. The average Bonchev–Trinajstić information content (AvgIpc) is 3.11. The van der Waals surface area contributed by atoms with E-state index in [1.165, 1.54) is 7.11 Å². The van der Waals surface area contributed by atoms with Crippen LogP contribution in [0.4, 0.5) is 0 Å². The summed E-state index contributed by atoms with van der Waals surface area (Å²) in [4.78, 5) is 16.0. The van der Waals surface area contributed by atoms with Gasteiger partial charge in [-0.3, -0.25) is 4.99 Å². The molecule has 1 aliphatic rings. The molecule has 0 bridgehead atoms. The van der Waals surface area contributed by atoms with Crippen molar-refractivity contribution in [3.05, 3.63) is 65.7 Å². The maximum absolute atomic E-state index is 11.5. The van der Waals surface area contributed by atoms with E-state index in [-0.39, 0.29) is 12.0 Å². The fourth-order valence-electron chi connectivity index (χ4n) is 2.60. The minimum atomic E-state index is -0.357. The summed E-state index contributed by atoms with van der Waals surface area (Å²) >= 11 is 0. The van der Waals surface area contributed by atoms with E-state index in [2.05, 4.69) is 4.99 Å². The van der Waals surface area contributed by atoms with E-state index in [1.807, 2.05) is 54.6 Å². The molecule has 118 valence electrons. The van der Waals surface area contributed by atoms with E-state index in [9.17, 15) is 4.79 Å². The number of rotatable bonds is 5. The number of carbonyl (C=O) groups excluding carboxylic acids is 1. The molecule has 0 N–H and O–H groups in total. The summed E-state index contributed by atoms with van der Waals surface area (Å²) in [6, 6.07) is 17.5. The molecule has 23 heavy (non-hydrogen) atoms. The molecule has 0 spiro atoms. The van der Waals surface area contributed by atoms with Crippen molar-refractivity contribution < 1.29 is 14.3 Å². The van der Waals surface area contributed by atoms with E-state index in [0.29, 0.717) is 13.0 Å². The SMILES string of the molecule is COC(=O)[C@@H]1CCC(c2ccc(OCc3ccccc3)cc2)=N1. The lowest BCUT2D eigenvalue weighted by Crippen LogP contribution is -2.16. The second-order valence-corrected chi connectivity index (χ2v) is 5.45. The molecular formula is C19H19NO3. The van der Waals surface area contributed by atoms with Crippen molar-refractivity contribution in [2.45, 2.75) is 25.5 Å². The lowest BCUT2D eigenvalue weighted by molar-refractivity contribution is -0.141. The molecular weight excluding hydrogens is 290 g/mol. The van der Waals surface area contributed by atoms with Gasteiger partial charge in [0.05, 0.1) is 7.11 Å². The van der Waals surface area contributed by atoms with Crippen LogP contribution in [0.3, 0.4) is 0 Å². The zero-order valence-electron chi connectivity index (χ0n) is 13.1. The Labute approximate surface area is 135 Å². The van der Waals surface area contributed by atoms with Gasteiger partial charge in [0.2, 0.25) is 0 Å². The molecule has 0 radical (unpaired) electrons. The van der Waals surface area contributed by atoms with Crippen LogP contribution in [0.5, 0.6) is 5.75 Å². The highest BCUT2D eigenvalue weighted by Crippen LogP contribution is 2.22. The largest absolute Gasteiger partial charge is 0.489 e. The summed E-state index contributed by atoms with van der Waals surface area (Å²) in [6.45, 7) is 0.547. The zero-order valence-corrected chi connectivity index (χ0v) is 13.1. The van der Waals surface area contributed by atoms with Crippen LogP contribution in [0.15, 0.2) is 59.6 Å². The minimum absolute atomic E-state index is 0.261. The van der Waals surface area contributed by atoms with E-state index in [0.717, 1.165) is 29.0 Å². The van der Waals surface area contributed by atoms with Gasteiger partial charge in [0.25, 0.3) is 0 Å². The van der Waals surface area contributed by atoms with Crippen LogP contribution in [0.25, 0.3) is 0 Å². The Balaban J connectivity index is 1.62. The molecule has 3 rings (SSSR count). The number of nitrogens with zero attached hydrogens (tertiary/aromatic N) is 1. The van der Waals surface area contributed by atoms with E-state index in [4.69, 9.17) is 9.47 Å². The number of benzene rings is 2. The molecule has 0 saturated carbocycles. The van der Waals surface area contributed by atoms with E-state index < -0.39 is 0 Å². The van der Waals surface area contributed by atoms with E-state index in [1.54, 1.807) is 0 Å². The lowest BCUT2D eigenvalue weighted by atomic mass is 10.1. The van der Waals surface area contributed by atoms with Crippen LogP contribution in [0.2, 0.25) is 0 Å². The molecule has 0 fully saturated rings. The molecule has 0 unspecified atom stereocenters. The van der Waals surface area contributed by atoms with Gasteiger partial charge >= 0.3 is 5.97 Å². The molecule has 1 atom stereocenters. The Morgan fingerprint density at radius 3 is 2.57 bits per heavy atom. The number of hydrogen-bond donors (Lipinski definition) is 0. The fourth-order valence-corrected chi connectivity index (χ4v) is 2.60. The number of carbonyl (C=O) groups is 1. The van der Waals surface area contributed by atoms with Crippen molar-refractivity contribution in [3.8, 4) is 5.75 Å². The summed E-state index contributed by atoms with van der Waals surface area (Å²) in [5, 5.41) is 0. The smallest absolute Gasteiger partial charge is 0.330 e. The number of methoxy groups -OCH3 is 1. The Kier molecular flexibility index (Phi) is 4.71. The van der Waals surface area contributed by atoms with Gasteiger partial charge in [-0.05, 0) is 48.2 Å². The van der Waals surface area contributed by atoms with Gasteiger partial charge in [0.1, 0.15) is 18.4 Å². The topological polar surface area (TPSA) is 47.9 Å². The summed E-state index contributed by atoms with van der Waals surface area (Å²) in [7, 11) is 1.40. The van der Waals surface area contributed by atoms with Gasteiger partial charge in [0.15, 0.2) is 0 Å². The van der Waals surface area contributed by atoms with Gasteiger partial charge in [-0.2, -0.15) is 0 Å². The molecule has 2 aromatic rings. The summed E-state index contributed by atoms with van der Waals surface area (Å²) in [6.07, 6.45) is 1.51. The first-order valence-corrected chi connectivity index (χ1v) is 7.68. The fraction of sp³-hybridized carbons (Fsp3) is 0.263. The molecule has 1 aliphatic heterocycles. The van der Waals surface area contributed by atoms with Gasteiger partial charge in [-0.25, -0.2) is 4.79 Å². The first-order valence-electron chi connectivity index (χ1n) is 7.68. The average molecular weight is 309 g/mol. The van der Waals surface area contributed by atoms with Crippen molar-refractivity contribution in [1.29, 1.82) is 0 Å². The van der Waals surface area contributed by atoms with Crippen LogP contribution >= 0.6 is 0 Å². The van der Waals surface area contributed by atoms with Crippen LogP contribution in [0.1, 0.15) is 24.0 Å². The molecule has 4 heteroatoms. The molecule has 0 saturated heterocycles. The standard InChI is InChI=1S/C19H19NO3/c1-22-19(21)18-12-11-17(20-18)15-7-9-16(10-8-15)23-13-14-5-3-2-4-6-14/h2-10,18H,11-13H2,1H3/t18-/m0/s1. The molecule has 4 nitrogen and oxygen atoms in total. The molecule has 0 aliphatic carbocycles. The van der Waals surface area contributed by atoms with Crippen molar-refractivity contribution in [2.75, 3.05) is 7.11 Å². The Bertz CT molecular complexity index is 692. The highest BCUT2D eigenvalue weighted by atomic mass is 16.5. The normalized spacial score (nSPS) is 16.7. The third-order valence-corrected chi connectivity index (χ3v) is 3.88. The van der Waals surface area contributed by atoms with Crippen molar-refractivity contribution in [3.63, 3.8) is 0 Å². The van der Waals surface area contributed by atoms with Gasteiger partial charge in [-0.15, -0.1) is 0 Å². The third-order valence-electron chi connectivity index (χ3n) is 3.88. The predicted octanol–water partition coefficient (Wildman–Crippen LogP) is 3.39. The predicted molar refractivity (Wildman–Crippen MR) is 88.8 cm³/mol. The van der Waals surface area contributed by atoms with Crippen molar-refractivity contribution >= 4 is 11.7 Å². The highest BCUT2D eigenvalue weighted by molar-refractivity contribution is 6.03. The zero-order chi connectivity index (χ0) is 16.1. The quantitative estimate of drug-likeness (QED) is 0.795. The number of ether oxygens (including phenoxy) is 2. The molecule has 0 aromatic heterocycles. The lowest BCUT2D eigenvalue weighted by Gasteiger charge is -2.07. The number of hydrogen-bond acceptors (Lipinski definition) is 4. The maximum atomic E-state index is 11.5. The van der Waals surface area contributed by atoms with Crippen LogP contribution < -0.4 is 4.74 Å². The van der Waals surface area contributed by atoms with Gasteiger partial charge in [-0.1, -0.05) is 30.3 Å². The van der Waals surface area contributed by atoms with Crippen molar-refractivity contribution in [1.82, 2.24) is 0 Å². The van der Waals surface area contributed by atoms with Gasteiger partial charge < -0.3 is 9.47 Å². The second-order valence-electron chi connectivity index (χ2n) is 5.45. The van der Waals surface area contributed by atoms with Crippen molar-refractivity contribution in [2.24, 2.45) is 4.99 Å². The Hall–Kier alpha value is -2.62. The minimum Gasteiger partial charge on any atom is -0.489 e. The molecule has 0 amide bonds. The van der Waals surface area contributed by atoms with E-state index >= 15 is 0 Å². The first kappa shape index (κ1) is 15.3. The monoisotopic (exact) mass is 309 g/mol. The molecule has 2 aromatic carbocycles. The molecule has 1 heterocycles. The maximum Gasteiger partial charge on any atom is 0.330 e. The van der Waals surface area contributed by atoms with Gasteiger partial charge in [0, 0.05) is 5.71 Å². The van der Waals surface area contributed by atoms with Crippen LogP contribution in [-0.4, -0.2) is 24.8 Å². The van der Waals surface area contributed by atoms with Crippen LogP contribution in [-0.2, 0) is 16.1 Å². The van der Waals surface area contributed by atoms with Crippen LogP contribution in [0, 0.1) is 0 Å².